The molecule has 114 valence electrons. The van der Waals surface area contributed by atoms with Crippen molar-refractivity contribution in [3.8, 4) is 0 Å². The van der Waals surface area contributed by atoms with Crippen LogP contribution >= 0.6 is 0 Å². The molecular weight excluding hydrogens is 266 g/mol. The van der Waals surface area contributed by atoms with E-state index < -0.39 is 11.6 Å². The second-order valence-corrected chi connectivity index (χ2v) is 5.54. The molecule has 1 aliphatic rings. The van der Waals surface area contributed by atoms with Gasteiger partial charge in [0.25, 0.3) is 5.91 Å². The fourth-order valence-corrected chi connectivity index (χ4v) is 2.94. The minimum Gasteiger partial charge on any atom is -0.340 e. The lowest BCUT2D eigenvalue weighted by atomic mass is 9.86. The maximum Gasteiger partial charge on any atom is 0.253 e. The number of pyridine rings is 1. The van der Waals surface area contributed by atoms with Crippen LogP contribution in [-0.4, -0.2) is 28.4 Å². The molecule has 1 fully saturated rings. The predicted octanol–water partition coefficient (Wildman–Crippen LogP) is 2.19. The summed E-state index contributed by atoms with van der Waals surface area (Å²) in [6.45, 7) is 7.72. The van der Waals surface area contributed by atoms with Gasteiger partial charge in [0.05, 0.1) is 11.9 Å². The molecule has 5 nitrogen and oxygen atoms in total. The summed E-state index contributed by atoms with van der Waals surface area (Å²) in [6.07, 6.45) is 5.11. The van der Waals surface area contributed by atoms with Crippen molar-refractivity contribution in [2.24, 2.45) is 0 Å². The van der Waals surface area contributed by atoms with Gasteiger partial charge in [-0.25, -0.2) is 0 Å². The van der Waals surface area contributed by atoms with Gasteiger partial charge >= 0.3 is 0 Å². The first-order valence-electron chi connectivity index (χ1n) is 7.57. The summed E-state index contributed by atoms with van der Waals surface area (Å²) in [6, 6.07) is 1.40. The van der Waals surface area contributed by atoms with Crippen molar-refractivity contribution in [2.75, 3.05) is 4.90 Å². The van der Waals surface area contributed by atoms with Crippen molar-refractivity contribution in [3.63, 3.8) is 0 Å². The molecule has 2 amide bonds. The molecule has 5 heteroatoms. The van der Waals surface area contributed by atoms with Gasteiger partial charge in [0.15, 0.2) is 0 Å². The molecule has 1 saturated heterocycles. The number of carbonyl (C=O) groups is 2. The van der Waals surface area contributed by atoms with Crippen molar-refractivity contribution in [2.45, 2.75) is 58.5 Å². The Labute approximate surface area is 125 Å². The number of aryl methyl sites for hydroxylation is 1. The Morgan fingerprint density at radius 1 is 1.29 bits per heavy atom. The third-order valence-electron chi connectivity index (χ3n) is 4.47. The van der Waals surface area contributed by atoms with E-state index in [1.54, 1.807) is 17.3 Å². The zero-order valence-corrected chi connectivity index (χ0v) is 13.1. The predicted molar refractivity (Wildman–Crippen MR) is 82.0 cm³/mol. The van der Waals surface area contributed by atoms with Crippen LogP contribution in [0.4, 0.5) is 5.69 Å². The van der Waals surface area contributed by atoms with E-state index in [2.05, 4.69) is 10.3 Å². The van der Waals surface area contributed by atoms with E-state index in [1.807, 2.05) is 33.8 Å². The lowest BCUT2D eigenvalue weighted by Gasteiger charge is -2.45. The normalized spacial score (nSPS) is 21.3. The number of rotatable bonds is 4. The minimum absolute atomic E-state index is 0.0324. The number of nitrogens with zero attached hydrogens (tertiary/aromatic N) is 2. The van der Waals surface area contributed by atoms with Crippen molar-refractivity contribution in [3.05, 3.63) is 24.0 Å². The third-order valence-corrected chi connectivity index (χ3v) is 4.47. The summed E-state index contributed by atoms with van der Waals surface area (Å²) >= 11 is 0. The van der Waals surface area contributed by atoms with Gasteiger partial charge in [0.1, 0.15) is 11.6 Å². The molecule has 1 atom stereocenters. The van der Waals surface area contributed by atoms with Gasteiger partial charge in [-0.3, -0.25) is 19.5 Å². The molecule has 2 rings (SSSR count). The summed E-state index contributed by atoms with van der Waals surface area (Å²) in [5, 5.41) is 2.95. The monoisotopic (exact) mass is 289 g/mol. The summed E-state index contributed by atoms with van der Waals surface area (Å²) in [5.41, 5.74) is 0.883. The SMILES string of the molecule is CCC1C(=O)NC(CC)(CC)C(=O)N1c1cnccc1C. The molecule has 0 bridgehead atoms. The van der Waals surface area contributed by atoms with Crippen LogP contribution in [-0.2, 0) is 9.59 Å². The Bertz CT molecular complexity index is 552. The largest absolute Gasteiger partial charge is 0.340 e. The van der Waals surface area contributed by atoms with Gasteiger partial charge in [-0.1, -0.05) is 20.8 Å². The lowest BCUT2D eigenvalue weighted by Crippen LogP contribution is -2.70. The maximum atomic E-state index is 13.1. The highest BCUT2D eigenvalue weighted by Gasteiger charge is 2.49. The molecule has 21 heavy (non-hydrogen) atoms. The number of piperazine rings is 1. The summed E-state index contributed by atoms with van der Waals surface area (Å²) in [5.74, 6) is -0.112. The Morgan fingerprint density at radius 2 is 1.95 bits per heavy atom. The Morgan fingerprint density at radius 3 is 2.48 bits per heavy atom. The molecular formula is C16H23N3O2. The molecule has 1 aromatic rings. The highest BCUT2D eigenvalue weighted by atomic mass is 16.2. The van der Waals surface area contributed by atoms with E-state index in [0.29, 0.717) is 19.3 Å². The first kappa shape index (κ1) is 15.5. The first-order valence-corrected chi connectivity index (χ1v) is 7.57. The minimum atomic E-state index is -0.801. The molecule has 0 aliphatic carbocycles. The van der Waals surface area contributed by atoms with E-state index in [4.69, 9.17) is 0 Å². The number of carbonyl (C=O) groups excluding carboxylic acids is 2. The van der Waals surface area contributed by atoms with E-state index in [1.165, 1.54) is 0 Å². The van der Waals surface area contributed by atoms with Crippen molar-refractivity contribution in [1.29, 1.82) is 0 Å². The van der Waals surface area contributed by atoms with E-state index >= 15 is 0 Å². The van der Waals surface area contributed by atoms with Crippen LogP contribution in [0.2, 0.25) is 0 Å². The van der Waals surface area contributed by atoms with Crippen LogP contribution in [0.25, 0.3) is 0 Å². The highest BCUT2D eigenvalue weighted by Crippen LogP contribution is 2.31. The second-order valence-electron chi connectivity index (χ2n) is 5.54. The number of anilines is 1. The van der Waals surface area contributed by atoms with Gasteiger partial charge in [-0.2, -0.15) is 0 Å². The third kappa shape index (κ3) is 2.41. The molecule has 0 spiro atoms. The van der Waals surface area contributed by atoms with Crippen LogP contribution < -0.4 is 10.2 Å². The summed E-state index contributed by atoms with van der Waals surface area (Å²) < 4.78 is 0. The van der Waals surface area contributed by atoms with Crippen LogP contribution in [0.15, 0.2) is 18.5 Å². The Kier molecular flexibility index (Phi) is 4.30. The summed E-state index contributed by atoms with van der Waals surface area (Å²) in [7, 11) is 0. The van der Waals surface area contributed by atoms with Gasteiger partial charge in [-0.05, 0) is 37.8 Å². The van der Waals surface area contributed by atoms with E-state index in [0.717, 1.165) is 11.3 Å². The lowest BCUT2D eigenvalue weighted by molar-refractivity contribution is -0.138. The van der Waals surface area contributed by atoms with Crippen molar-refractivity contribution < 1.29 is 9.59 Å². The molecule has 1 aliphatic heterocycles. The van der Waals surface area contributed by atoms with Crippen molar-refractivity contribution >= 4 is 17.5 Å². The Balaban J connectivity index is 2.55. The molecule has 0 saturated carbocycles. The Hall–Kier alpha value is -1.91. The molecule has 1 aromatic heterocycles. The van der Waals surface area contributed by atoms with Crippen molar-refractivity contribution in [1.82, 2.24) is 10.3 Å². The van der Waals surface area contributed by atoms with E-state index in [9.17, 15) is 9.59 Å². The van der Waals surface area contributed by atoms with Gasteiger partial charge in [0, 0.05) is 6.20 Å². The molecule has 1 unspecified atom stereocenters. The fourth-order valence-electron chi connectivity index (χ4n) is 2.94. The highest BCUT2D eigenvalue weighted by molar-refractivity contribution is 6.11. The quantitative estimate of drug-likeness (QED) is 0.924. The molecule has 2 heterocycles. The topological polar surface area (TPSA) is 62.3 Å². The number of amides is 2. The second kappa shape index (κ2) is 5.84. The van der Waals surface area contributed by atoms with Crippen LogP contribution in [0.3, 0.4) is 0 Å². The van der Waals surface area contributed by atoms with Crippen LogP contribution in [0.1, 0.15) is 45.6 Å². The zero-order chi connectivity index (χ0) is 15.6. The van der Waals surface area contributed by atoms with E-state index in [-0.39, 0.29) is 11.8 Å². The summed E-state index contributed by atoms with van der Waals surface area (Å²) in [4.78, 5) is 31.3. The molecule has 1 N–H and O–H groups in total. The van der Waals surface area contributed by atoms with Gasteiger partial charge in [-0.15, -0.1) is 0 Å². The average molecular weight is 289 g/mol. The zero-order valence-electron chi connectivity index (χ0n) is 13.1. The number of aromatic nitrogens is 1. The van der Waals surface area contributed by atoms with Crippen LogP contribution in [0.5, 0.6) is 0 Å². The smallest absolute Gasteiger partial charge is 0.253 e. The van der Waals surface area contributed by atoms with Gasteiger partial charge < -0.3 is 5.32 Å². The average Bonchev–Trinajstić information content (AvgIpc) is 2.50. The first-order chi connectivity index (χ1) is 10.0. The fraction of sp³-hybridized carbons (Fsp3) is 0.562. The molecule has 0 aromatic carbocycles. The standard InChI is InChI=1S/C16H23N3O2/c1-5-12-14(20)18-16(6-2,7-3)15(21)19(12)13-10-17-9-8-11(13)4/h8-10,12H,5-7H2,1-4H3,(H,18,20). The van der Waals surface area contributed by atoms with Gasteiger partial charge in [0.2, 0.25) is 5.91 Å². The van der Waals surface area contributed by atoms with Crippen LogP contribution in [0, 0.1) is 6.92 Å². The number of hydrogen-bond donors (Lipinski definition) is 1. The maximum absolute atomic E-state index is 13.1. The number of nitrogens with one attached hydrogen (secondary N) is 1. The molecule has 0 radical (unpaired) electrons. The number of hydrogen-bond acceptors (Lipinski definition) is 3.